The Bertz CT molecular complexity index is 914. The normalized spacial score (nSPS) is 18.9. The molecule has 0 saturated carbocycles. The summed E-state index contributed by atoms with van der Waals surface area (Å²) in [5.41, 5.74) is 7.22. The monoisotopic (exact) mass is 386 g/mol. The van der Waals surface area contributed by atoms with Gasteiger partial charge in [0, 0.05) is 23.4 Å². The molecule has 2 unspecified atom stereocenters. The van der Waals surface area contributed by atoms with Gasteiger partial charge < -0.3 is 15.4 Å². The molecule has 5 nitrogen and oxygen atoms in total. The van der Waals surface area contributed by atoms with E-state index in [1.54, 1.807) is 47.4 Å². The molecule has 0 spiro atoms. The first kappa shape index (κ1) is 19.5. The number of hydrogen-bond acceptors (Lipinski definition) is 3. The number of fused-ring (bicyclic) bond motifs is 1. The Morgan fingerprint density at radius 3 is 2.57 bits per heavy atom. The van der Waals surface area contributed by atoms with Crippen LogP contribution in [0.3, 0.4) is 0 Å². The summed E-state index contributed by atoms with van der Waals surface area (Å²) >= 11 is 0. The van der Waals surface area contributed by atoms with Crippen LogP contribution < -0.4 is 15.4 Å². The molecule has 0 bridgehead atoms. The lowest BCUT2D eigenvalue weighted by atomic mass is 9.85. The fraction of sp³-hybridized carbons (Fsp3) is 0.238. The smallest absolute Gasteiger partial charge is 0.387 e. The van der Waals surface area contributed by atoms with Crippen molar-refractivity contribution in [2.75, 3.05) is 4.90 Å². The van der Waals surface area contributed by atoms with Gasteiger partial charge in [-0.25, -0.2) is 0 Å². The molecule has 0 aromatic heterocycles. The van der Waals surface area contributed by atoms with Crippen molar-refractivity contribution in [1.82, 2.24) is 0 Å². The number of halogens is 2. The number of alkyl halides is 2. The topological polar surface area (TPSA) is 72.6 Å². The maximum Gasteiger partial charge on any atom is 0.387 e. The lowest BCUT2D eigenvalue weighted by Gasteiger charge is -2.37. The van der Waals surface area contributed by atoms with Crippen LogP contribution in [0.5, 0.6) is 5.75 Å². The predicted octanol–water partition coefficient (Wildman–Crippen LogP) is 3.70. The summed E-state index contributed by atoms with van der Waals surface area (Å²) in [6.07, 6.45) is 3.16. The quantitative estimate of drug-likeness (QED) is 0.797. The lowest BCUT2D eigenvalue weighted by Crippen LogP contribution is -2.44. The molecule has 0 aliphatic carbocycles. The van der Waals surface area contributed by atoms with Gasteiger partial charge in [0.2, 0.25) is 5.91 Å². The summed E-state index contributed by atoms with van der Waals surface area (Å²) in [6, 6.07) is 13.1. The van der Waals surface area contributed by atoms with Crippen molar-refractivity contribution >= 4 is 23.6 Å². The first-order valence-corrected chi connectivity index (χ1v) is 8.82. The van der Waals surface area contributed by atoms with E-state index >= 15 is 0 Å². The fourth-order valence-electron chi connectivity index (χ4n) is 3.48. The standard InChI is InChI=1S/C21H20F2N2O3/c1-13-12-16(20(24)27)15-7-3-4-8-17(15)25(13)19(26)11-10-14-6-2-5-9-18(14)28-21(22)23/h2-11,13,16,21H,12H2,1H3,(H2,24,27)/b11-10+. The second-order valence-electron chi connectivity index (χ2n) is 6.56. The Kier molecular flexibility index (Phi) is 5.73. The van der Waals surface area contributed by atoms with Crippen LogP contribution in [0.25, 0.3) is 6.08 Å². The Labute approximate surface area is 161 Å². The second kappa shape index (κ2) is 8.21. The molecule has 1 aliphatic rings. The van der Waals surface area contributed by atoms with E-state index in [1.807, 2.05) is 6.92 Å². The Morgan fingerprint density at radius 1 is 1.18 bits per heavy atom. The number of para-hydroxylation sites is 2. The molecule has 1 aliphatic heterocycles. The molecule has 3 rings (SSSR count). The van der Waals surface area contributed by atoms with Crippen LogP contribution in [-0.2, 0) is 9.59 Å². The molecule has 2 amide bonds. The highest BCUT2D eigenvalue weighted by Crippen LogP contribution is 2.38. The van der Waals surface area contributed by atoms with Crippen LogP contribution in [0, 0.1) is 0 Å². The molecule has 2 atom stereocenters. The Morgan fingerprint density at radius 2 is 1.86 bits per heavy atom. The van der Waals surface area contributed by atoms with Crippen molar-refractivity contribution in [1.29, 1.82) is 0 Å². The van der Waals surface area contributed by atoms with E-state index in [4.69, 9.17) is 5.73 Å². The number of rotatable bonds is 5. The second-order valence-corrected chi connectivity index (χ2v) is 6.56. The lowest BCUT2D eigenvalue weighted by molar-refractivity contribution is -0.120. The number of benzene rings is 2. The molecule has 1 heterocycles. The van der Waals surface area contributed by atoms with E-state index < -0.39 is 18.4 Å². The highest BCUT2D eigenvalue weighted by Gasteiger charge is 2.35. The molecule has 0 radical (unpaired) electrons. The molecule has 146 valence electrons. The third-order valence-electron chi connectivity index (χ3n) is 4.71. The van der Waals surface area contributed by atoms with Gasteiger partial charge in [-0.1, -0.05) is 36.4 Å². The van der Waals surface area contributed by atoms with Crippen molar-refractivity contribution in [3.8, 4) is 5.75 Å². The number of nitrogens with two attached hydrogens (primary N) is 1. The van der Waals surface area contributed by atoms with Crippen LogP contribution in [0.1, 0.15) is 30.4 Å². The van der Waals surface area contributed by atoms with Crippen molar-refractivity contribution in [2.45, 2.75) is 31.9 Å². The number of ether oxygens (including phenoxy) is 1. The van der Waals surface area contributed by atoms with Crippen molar-refractivity contribution in [3.63, 3.8) is 0 Å². The van der Waals surface area contributed by atoms with Crippen LogP contribution in [0.2, 0.25) is 0 Å². The molecular weight excluding hydrogens is 366 g/mol. The number of amides is 2. The summed E-state index contributed by atoms with van der Waals surface area (Å²) in [5.74, 6) is -1.23. The van der Waals surface area contributed by atoms with E-state index in [0.717, 1.165) is 0 Å². The fourth-order valence-corrected chi connectivity index (χ4v) is 3.48. The zero-order valence-electron chi connectivity index (χ0n) is 15.2. The third kappa shape index (κ3) is 4.03. The number of nitrogens with zero attached hydrogens (tertiary/aromatic N) is 1. The van der Waals surface area contributed by atoms with E-state index in [-0.39, 0.29) is 17.7 Å². The summed E-state index contributed by atoms with van der Waals surface area (Å²) in [7, 11) is 0. The zero-order chi connectivity index (χ0) is 20.3. The maximum atomic E-state index is 12.9. The predicted molar refractivity (Wildman–Crippen MR) is 102 cm³/mol. The third-order valence-corrected chi connectivity index (χ3v) is 4.71. The van der Waals surface area contributed by atoms with Crippen molar-refractivity contribution in [3.05, 3.63) is 65.7 Å². The molecule has 7 heteroatoms. The number of primary amides is 1. The first-order chi connectivity index (χ1) is 13.4. The van der Waals surface area contributed by atoms with Gasteiger partial charge in [0.15, 0.2) is 0 Å². The summed E-state index contributed by atoms with van der Waals surface area (Å²) in [5, 5.41) is 0. The number of hydrogen-bond donors (Lipinski definition) is 1. The average Bonchev–Trinajstić information content (AvgIpc) is 2.66. The van der Waals surface area contributed by atoms with Gasteiger partial charge >= 0.3 is 6.61 Å². The highest BCUT2D eigenvalue weighted by atomic mass is 19.3. The van der Waals surface area contributed by atoms with Crippen LogP contribution in [-0.4, -0.2) is 24.5 Å². The summed E-state index contributed by atoms with van der Waals surface area (Å²) in [6.45, 7) is -1.11. The molecular formula is C21H20F2N2O3. The van der Waals surface area contributed by atoms with Crippen LogP contribution in [0.4, 0.5) is 14.5 Å². The van der Waals surface area contributed by atoms with E-state index in [0.29, 0.717) is 23.2 Å². The Hall–Kier alpha value is -3.22. The van der Waals surface area contributed by atoms with Crippen LogP contribution >= 0.6 is 0 Å². The number of carbonyl (C=O) groups excluding carboxylic acids is 2. The van der Waals surface area contributed by atoms with Gasteiger partial charge in [-0.2, -0.15) is 8.78 Å². The zero-order valence-corrected chi connectivity index (χ0v) is 15.2. The number of carbonyl (C=O) groups is 2. The van der Waals surface area contributed by atoms with E-state index in [2.05, 4.69) is 4.74 Å². The van der Waals surface area contributed by atoms with E-state index in [9.17, 15) is 18.4 Å². The average molecular weight is 386 g/mol. The van der Waals surface area contributed by atoms with Gasteiger partial charge in [-0.05, 0) is 37.1 Å². The molecule has 0 fully saturated rings. The highest BCUT2D eigenvalue weighted by molar-refractivity contribution is 6.06. The largest absolute Gasteiger partial charge is 0.434 e. The molecule has 2 aromatic rings. The SMILES string of the molecule is CC1CC(C(N)=O)c2ccccc2N1C(=O)/C=C/c1ccccc1OC(F)F. The maximum absolute atomic E-state index is 12.9. The first-order valence-electron chi connectivity index (χ1n) is 8.82. The van der Waals surface area contributed by atoms with Gasteiger partial charge in [0.25, 0.3) is 5.91 Å². The van der Waals surface area contributed by atoms with Gasteiger partial charge in [-0.3, -0.25) is 9.59 Å². The summed E-state index contributed by atoms with van der Waals surface area (Å²) < 4.78 is 29.6. The van der Waals surface area contributed by atoms with Gasteiger partial charge in [0.1, 0.15) is 5.75 Å². The minimum Gasteiger partial charge on any atom is -0.434 e. The number of anilines is 1. The minimum absolute atomic E-state index is 0.0116. The summed E-state index contributed by atoms with van der Waals surface area (Å²) in [4.78, 5) is 26.3. The minimum atomic E-state index is -2.95. The molecule has 2 aromatic carbocycles. The molecule has 0 saturated heterocycles. The molecule has 28 heavy (non-hydrogen) atoms. The van der Waals surface area contributed by atoms with Crippen LogP contribution in [0.15, 0.2) is 54.6 Å². The molecule has 2 N–H and O–H groups in total. The van der Waals surface area contributed by atoms with E-state index in [1.165, 1.54) is 18.2 Å². The van der Waals surface area contributed by atoms with Gasteiger partial charge in [0.05, 0.1) is 5.92 Å². The van der Waals surface area contributed by atoms with Crippen molar-refractivity contribution < 1.29 is 23.1 Å². The van der Waals surface area contributed by atoms with Crippen molar-refractivity contribution in [2.24, 2.45) is 5.73 Å². The van der Waals surface area contributed by atoms with Gasteiger partial charge in [-0.15, -0.1) is 0 Å². The Balaban J connectivity index is 1.90.